The molecule has 0 unspecified atom stereocenters. The van der Waals surface area contributed by atoms with E-state index in [1.807, 2.05) is 0 Å². The zero-order valence-corrected chi connectivity index (χ0v) is 11.7. The highest BCUT2D eigenvalue weighted by atomic mass is 79.9. The van der Waals surface area contributed by atoms with Crippen molar-refractivity contribution >= 4 is 27.8 Å². The van der Waals surface area contributed by atoms with Crippen LogP contribution in [0.15, 0.2) is 28.7 Å². The van der Waals surface area contributed by atoms with Gasteiger partial charge in [0.15, 0.2) is 0 Å². The van der Waals surface area contributed by atoms with Crippen LogP contribution in [0.5, 0.6) is 0 Å². The predicted octanol–water partition coefficient (Wildman–Crippen LogP) is 2.51. The van der Waals surface area contributed by atoms with Crippen LogP contribution >= 0.6 is 15.9 Å². The van der Waals surface area contributed by atoms with Gasteiger partial charge in [0, 0.05) is 10.5 Å². The highest BCUT2D eigenvalue weighted by molar-refractivity contribution is 9.10. The van der Waals surface area contributed by atoms with Crippen molar-refractivity contribution in [2.45, 2.75) is 25.1 Å². The van der Waals surface area contributed by atoms with Gasteiger partial charge in [0.1, 0.15) is 0 Å². The highest BCUT2D eigenvalue weighted by Crippen LogP contribution is 2.20. The number of carboxylic acid groups (broad SMARTS) is 1. The monoisotopic (exact) mass is 353 g/mol. The Balaban J connectivity index is 2.83. The van der Waals surface area contributed by atoms with Crippen molar-refractivity contribution in [3.05, 3.63) is 34.3 Å². The summed E-state index contributed by atoms with van der Waals surface area (Å²) in [5.74, 6) is -3.43. The van der Waals surface area contributed by atoms with E-state index in [4.69, 9.17) is 5.11 Å². The largest absolute Gasteiger partial charge is 0.481 e. The molecule has 1 atom stereocenters. The fourth-order valence-corrected chi connectivity index (χ4v) is 2.03. The molecule has 1 amide bonds. The summed E-state index contributed by atoms with van der Waals surface area (Å²) in [5, 5.41) is 10.4. The number of nitrogens with one attached hydrogen (secondary N) is 1. The average Bonchev–Trinajstić information content (AvgIpc) is 2.30. The van der Waals surface area contributed by atoms with E-state index in [2.05, 4.69) is 15.9 Å². The molecule has 1 aromatic rings. The molecule has 0 spiro atoms. The van der Waals surface area contributed by atoms with Crippen molar-refractivity contribution in [3.63, 3.8) is 0 Å². The quantitative estimate of drug-likeness (QED) is 0.854. The van der Waals surface area contributed by atoms with Crippen molar-refractivity contribution in [1.82, 2.24) is 5.32 Å². The molecule has 0 saturated heterocycles. The van der Waals surface area contributed by atoms with E-state index in [1.54, 1.807) is 29.6 Å². The van der Waals surface area contributed by atoms with Gasteiger partial charge >= 0.3 is 18.1 Å². The van der Waals surface area contributed by atoms with E-state index < -0.39 is 30.5 Å². The number of amides is 1. The van der Waals surface area contributed by atoms with Crippen molar-refractivity contribution in [2.75, 3.05) is 0 Å². The molecule has 2 N–H and O–H groups in total. The van der Waals surface area contributed by atoms with Gasteiger partial charge < -0.3 is 10.4 Å². The molecule has 0 aliphatic rings. The number of carboxylic acids is 1. The van der Waals surface area contributed by atoms with Crippen LogP contribution < -0.4 is 5.32 Å². The van der Waals surface area contributed by atoms with Gasteiger partial charge in [-0.25, -0.2) is 0 Å². The third-order valence-corrected chi connectivity index (χ3v) is 3.21. The number of rotatable bonds is 5. The lowest BCUT2D eigenvalue weighted by atomic mass is 10.0. The summed E-state index contributed by atoms with van der Waals surface area (Å²) in [5.41, 5.74) is 0.612. The molecule has 0 aliphatic heterocycles. The SMILES string of the molecule is O=C(O)C[C@H](Cc1ccccc1Br)NC(=O)C(F)(F)F. The maximum absolute atomic E-state index is 12.2. The molecule has 0 aromatic heterocycles. The molecule has 4 nitrogen and oxygen atoms in total. The molecule has 0 radical (unpaired) electrons. The van der Waals surface area contributed by atoms with Crippen LogP contribution in [0.2, 0.25) is 0 Å². The summed E-state index contributed by atoms with van der Waals surface area (Å²) >= 11 is 3.21. The third-order valence-electron chi connectivity index (χ3n) is 2.44. The lowest BCUT2D eigenvalue weighted by Crippen LogP contribution is -2.45. The molecule has 20 heavy (non-hydrogen) atoms. The Morgan fingerprint density at radius 3 is 2.40 bits per heavy atom. The molecular formula is C12H11BrF3NO3. The Morgan fingerprint density at radius 1 is 1.30 bits per heavy atom. The smallest absolute Gasteiger partial charge is 0.471 e. The molecule has 110 valence electrons. The first-order valence-electron chi connectivity index (χ1n) is 5.53. The maximum atomic E-state index is 12.2. The normalized spacial score (nSPS) is 12.8. The zero-order chi connectivity index (χ0) is 15.3. The third kappa shape index (κ3) is 5.20. The van der Waals surface area contributed by atoms with Crippen LogP contribution in [-0.2, 0) is 16.0 Å². The number of aliphatic carboxylic acids is 1. The molecule has 0 fully saturated rings. The van der Waals surface area contributed by atoms with Gasteiger partial charge in [-0.2, -0.15) is 13.2 Å². The van der Waals surface area contributed by atoms with E-state index in [-0.39, 0.29) is 6.42 Å². The van der Waals surface area contributed by atoms with Gasteiger partial charge in [-0.3, -0.25) is 9.59 Å². The van der Waals surface area contributed by atoms with Gasteiger partial charge in [0.05, 0.1) is 6.42 Å². The predicted molar refractivity (Wildman–Crippen MR) is 68.1 cm³/mol. The fourth-order valence-electron chi connectivity index (χ4n) is 1.58. The molecule has 0 saturated carbocycles. The summed E-state index contributed by atoms with van der Waals surface area (Å²) in [4.78, 5) is 21.6. The van der Waals surface area contributed by atoms with Crippen molar-refractivity contribution in [1.29, 1.82) is 0 Å². The van der Waals surface area contributed by atoms with Gasteiger partial charge in [-0.15, -0.1) is 0 Å². The Kier molecular flexibility index (Phi) is 5.55. The Labute approximate surface area is 121 Å². The summed E-state index contributed by atoms with van der Waals surface area (Å²) < 4.78 is 37.2. The van der Waals surface area contributed by atoms with Crippen molar-refractivity contribution in [2.24, 2.45) is 0 Å². The highest BCUT2D eigenvalue weighted by Gasteiger charge is 2.40. The van der Waals surface area contributed by atoms with Crippen LogP contribution in [-0.4, -0.2) is 29.2 Å². The van der Waals surface area contributed by atoms with Gasteiger partial charge in [0.25, 0.3) is 0 Å². The number of benzene rings is 1. The van der Waals surface area contributed by atoms with Crippen LogP contribution in [0.25, 0.3) is 0 Å². The van der Waals surface area contributed by atoms with E-state index in [0.29, 0.717) is 10.0 Å². The first kappa shape index (κ1) is 16.5. The second kappa shape index (κ2) is 6.74. The summed E-state index contributed by atoms with van der Waals surface area (Å²) in [6, 6.07) is 5.56. The van der Waals surface area contributed by atoms with E-state index in [9.17, 15) is 22.8 Å². The standard InChI is InChI=1S/C12H11BrF3NO3/c13-9-4-2-1-3-7(9)5-8(6-10(18)19)17-11(20)12(14,15)16/h1-4,8H,5-6H2,(H,17,20)(H,18,19)/t8-/m0/s1. The minimum absolute atomic E-state index is 0.0183. The second-order valence-corrected chi connectivity index (χ2v) is 4.92. The summed E-state index contributed by atoms with van der Waals surface area (Å²) in [7, 11) is 0. The average molecular weight is 354 g/mol. The van der Waals surface area contributed by atoms with Gasteiger partial charge in [-0.05, 0) is 18.1 Å². The number of carbonyl (C=O) groups is 2. The molecule has 1 aromatic carbocycles. The van der Waals surface area contributed by atoms with Gasteiger partial charge in [-0.1, -0.05) is 34.1 Å². The number of carbonyl (C=O) groups excluding carboxylic acids is 1. The molecule has 1 rings (SSSR count). The van der Waals surface area contributed by atoms with Crippen molar-refractivity contribution < 1.29 is 27.9 Å². The number of hydrogen-bond acceptors (Lipinski definition) is 2. The zero-order valence-electron chi connectivity index (χ0n) is 10.1. The molecule has 0 aliphatic carbocycles. The minimum Gasteiger partial charge on any atom is -0.481 e. The maximum Gasteiger partial charge on any atom is 0.471 e. The number of halogens is 4. The number of alkyl halides is 3. The molecule has 0 bridgehead atoms. The minimum atomic E-state index is -5.04. The molecular weight excluding hydrogens is 343 g/mol. The Bertz CT molecular complexity index is 505. The first-order chi connectivity index (χ1) is 9.20. The van der Waals surface area contributed by atoms with Crippen LogP contribution in [0.3, 0.4) is 0 Å². The Morgan fingerprint density at radius 2 is 1.90 bits per heavy atom. The van der Waals surface area contributed by atoms with E-state index in [0.717, 1.165) is 0 Å². The summed E-state index contributed by atoms with van der Waals surface area (Å²) in [6.45, 7) is 0. The van der Waals surface area contributed by atoms with E-state index >= 15 is 0 Å². The molecule has 8 heteroatoms. The van der Waals surface area contributed by atoms with Gasteiger partial charge in [0.2, 0.25) is 0 Å². The lowest BCUT2D eigenvalue weighted by molar-refractivity contribution is -0.174. The Hall–Kier alpha value is -1.57. The van der Waals surface area contributed by atoms with Crippen molar-refractivity contribution in [3.8, 4) is 0 Å². The first-order valence-corrected chi connectivity index (χ1v) is 6.32. The lowest BCUT2D eigenvalue weighted by Gasteiger charge is -2.18. The molecule has 0 heterocycles. The van der Waals surface area contributed by atoms with Crippen LogP contribution in [0, 0.1) is 0 Å². The fraction of sp³-hybridized carbons (Fsp3) is 0.333. The number of hydrogen-bond donors (Lipinski definition) is 2. The summed E-state index contributed by atoms with van der Waals surface area (Å²) in [6.07, 6.45) is -5.65. The van der Waals surface area contributed by atoms with Crippen LogP contribution in [0.4, 0.5) is 13.2 Å². The van der Waals surface area contributed by atoms with Crippen LogP contribution in [0.1, 0.15) is 12.0 Å². The van der Waals surface area contributed by atoms with E-state index in [1.165, 1.54) is 0 Å². The topological polar surface area (TPSA) is 66.4 Å². The second-order valence-electron chi connectivity index (χ2n) is 4.06.